The molecule has 6 nitrogen and oxygen atoms in total. The summed E-state index contributed by atoms with van der Waals surface area (Å²) in [6.45, 7) is 7.64. The molecule has 6 heteroatoms. The standard InChI is InChI=1S/C18H23N5O/c1-4-23-16-7-6-14(20-18(24)10-13(2)3)11-15(16)21-17(23)12-22-9-5-8-19-22/h5-9,11,13H,4,10,12H2,1-3H3,(H,20,24). The van der Waals surface area contributed by atoms with Gasteiger partial charge < -0.3 is 9.88 Å². The summed E-state index contributed by atoms with van der Waals surface area (Å²) < 4.78 is 4.04. The largest absolute Gasteiger partial charge is 0.327 e. The first-order valence-corrected chi connectivity index (χ1v) is 8.33. The number of aromatic nitrogens is 4. The minimum Gasteiger partial charge on any atom is -0.327 e. The Kier molecular flexibility index (Phi) is 4.64. The van der Waals surface area contributed by atoms with Crippen molar-refractivity contribution in [1.82, 2.24) is 19.3 Å². The second-order valence-corrected chi connectivity index (χ2v) is 6.33. The van der Waals surface area contributed by atoms with E-state index in [4.69, 9.17) is 4.98 Å². The summed E-state index contributed by atoms with van der Waals surface area (Å²) in [5.41, 5.74) is 2.75. The minimum absolute atomic E-state index is 0.0380. The van der Waals surface area contributed by atoms with Gasteiger partial charge in [0.25, 0.3) is 0 Å². The number of nitrogens with zero attached hydrogens (tertiary/aromatic N) is 4. The quantitative estimate of drug-likeness (QED) is 0.756. The molecule has 1 N–H and O–H groups in total. The summed E-state index contributed by atoms with van der Waals surface area (Å²) >= 11 is 0. The fourth-order valence-corrected chi connectivity index (χ4v) is 2.85. The van der Waals surface area contributed by atoms with Gasteiger partial charge >= 0.3 is 0 Å². The van der Waals surface area contributed by atoms with Gasteiger partial charge in [-0.15, -0.1) is 0 Å². The van der Waals surface area contributed by atoms with Gasteiger partial charge in [0, 0.05) is 31.0 Å². The Morgan fingerprint density at radius 2 is 2.17 bits per heavy atom. The Labute approximate surface area is 141 Å². The maximum atomic E-state index is 12.0. The Morgan fingerprint density at radius 1 is 1.33 bits per heavy atom. The second-order valence-electron chi connectivity index (χ2n) is 6.33. The smallest absolute Gasteiger partial charge is 0.224 e. The van der Waals surface area contributed by atoms with Crippen LogP contribution in [0.1, 0.15) is 33.0 Å². The first-order chi connectivity index (χ1) is 11.6. The molecule has 126 valence electrons. The predicted molar refractivity (Wildman–Crippen MR) is 94.8 cm³/mol. The zero-order valence-electron chi connectivity index (χ0n) is 14.4. The first-order valence-electron chi connectivity index (χ1n) is 8.33. The molecule has 1 amide bonds. The molecule has 0 radical (unpaired) electrons. The van der Waals surface area contributed by atoms with Gasteiger partial charge in [0.15, 0.2) is 0 Å². The van der Waals surface area contributed by atoms with Crippen LogP contribution in [0.3, 0.4) is 0 Å². The second kappa shape index (κ2) is 6.86. The number of aryl methyl sites for hydroxylation is 1. The fourth-order valence-electron chi connectivity index (χ4n) is 2.85. The molecule has 0 saturated heterocycles. The average molecular weight is 325 g/mol. The van der Waals surface area contributed by atoms with Gasteiger partial charge in [-0.05, 0) is 37.1 Å². The number of benzene rings is 1. The molecule has 0 aliphatic carbocycles. The van der Waals surface area contributed by atoms with Crippen molar-refractivity contribution < 1.29 is 4.79 Å². The van der Waals surface area contributed by atoms with Crippen molar-refractivity contribution in [2.45, 2.75) is 40.3 Å². The highest BCUT2D eigenvalue weighted by molar-refractivity contribution is 5.93. The normalized spacial score (nSPS) is 11.3. The molecule has 0 spiro atoms. The Bertz CT molecular complexity index is 833. The number of carbonyl (C=O) groups is 1. The third-order valence-electron chi connectivity index (χ3n) is 3.88. The van der Waals surface area contributed by atoms with Crippen LogP contribution in [0.25, 0.3) is 11.0 Å². The summed E-state index contributed by atoms with van der Waals surface area (Å²) in [6.07, 6.45) is 4.21. The van der Waals surface area contributed by atoms with Crippen LogP contribution in [0.5, 0.6) is 0 Å². The molecule has 0 fully saturated rings. The number of fused-ring (bicyclic) bond motifs is 1. The van der Waals surface area contributed by atoms with E-state index in [-0.39, 0.29) is 5.91 Å². The highest BCUT2D eigenvalue weighted by Gasteiger charge is 2.12. The number of rotatable bonds is 6. The Hall–Kier alpha value is -2.63. The first kappa shape index (κ1) is 16.2. The lowest BCUT2D eigenvalue weighted by atomic mass is 10.1. The Morgan fingerprint density at radius 3 is 2.83 bits per heavy atom. The van der Waals surface area contributed by atoms with Gasteiger partial charge in [0.1, 0.15) is 5.82 Å². The third kappa shape index (κ3) is 3.48. The van der Waals surface area contributed by atoms with E-state index in [9.17, 15) is 4.79 Å². The van der Waals surface area contributed by atoms with Gasteiger partial charge in [-0.2, -0.15) is 5.10 Å². The lowest BCUT2D eigenvalue weighted by molar-refractivity contribution is -0.116. The van der Waals surface area contributed by atoms with E-state index in [0.717, 1.165) is 29.1 Å². The lowest BCUT2D eigenvalue weighted by Crippen LogP contribution is -2.13. The zero-order valence-corrected chi connectivity index (χ0v) is 14.4. The summed E-state index contributed by atoms with van der Waals surface area (Å²) in [5, 5.41) is 7.20. The van der Waals surface area contributed by atoms with Crippen LogP contribution in [-0.2, 0) is 17.9 Å². The molecule has 0 aliphatic heterocycles. The van der Waals surface area contributed by atoms with Crippen molar-refractivity contribution in [3.05, 3.63) is 42.5 Å². The van der Waals surface area contributed by atoms with Crippen LogP contribution in [0.2, 0.25) is 0 Å². The van der Waals surface area contributed by atoms with E-state index in [2.05, 4.69) is 21.9 Å². The van der Waals surface area contributed by atoms with Crippen LogP contribution < -0.4 is 5.32 Å². The summed E-state index contributed by atoms with van der Waals surface area (Å²) in [6, 6.07) is 7.79. The van der Waals surface area contributed by atoms with Crippen LogP contribution in [0.15, 0.2) is 36.7 Å². The fraction of sp³-hybridized carbons (Fsp3) is 0.389. The minimum atomic E-state index is 0.0380. The van der Waals surface area contributed by atoms with Crippen molar-refractivity contribution in [2.75, 3.05) is 5.32 Å². The zero-order chi connectivity index (χ0) is 17.1. The van der Waals surface area contributed by atoms with E-state index in [1.165, 1.54) is 0 Å². The van der Waals surface area contributed by atoms with Gasteiger partial charge in [-0.25, -0.2) is 4.98 Å². The molecule has 2 heterocycles. The molecule has 0 unspecified atom stereocenters. The van der Waals surface area contributed by atoms with Gasteiger partial charge in [-0.3, -0.25) is 9.48 Å². The SMILES string of the molecule is CCn1c(Cn2cccn2)nc2cc(NC(=O)CC(C)C)ccc21. The number of anilines is 1. The van der Waals surface area contributed by atoms with Crippen molar-refractivity contribution in [3.8, 4) is 0 Å². The molecule has 2 aromatic heterocycles. The van der Waals surface area contributed by atoms with E-state index in [0.29, 0.717) is 18.9 Å². The van der Waals surface area contributed by atoms with Crippen molar-refractivity contribution in [3.63, 3.8) is 0 Å². The summed E-state index contributed by atoms with van der Waals surface area (Å²) in [4.78, 5) is 16.7. The maximum absolute atomic E-state index is 12.0. The van der Waals surface area contributed by atoms with Gasteiger partial charge in [-0.1, -0.05) is 13.8 Å². The maximum Gasteiger partial charge on any atom is 0.224 e. The number of imidazole rings is 1. The van der Waals surface area contributed by atoms with Crippen LogP contribution in [0.4, 0.5) is 5.69 Å². The van der Waals surface area contributed by atoms with Crippen LogP contribution in [-0.4, -0.2) is 25.2 Å². The molecule has 0 bridgehead atoms. The van der Waals surface area contributed by atoms with Crippen molar-refractivity contribution in [1.29, 1.82) is 0 Å². The lowest BCUT2D eigenvalue weighted by Gasteiger charge is -2.08. The van der Waals surface area contributed by atoms with E-state index in [1.54, 1.807) is 6.20 Å². The molecule has 24 heavy (non-hydrogen) atoms. The topological polar surface area (TPSA) is 64.7 Å². The predicted octanol–water partition coefficient (Wildman–Crippen LogP) is 3.29. The molecule has 0 aliphatic rings. The van der Waals surface area contributed by atoms with E-state index >= 15 is 0 Å². The number of hydrogen-bond acceptors (Lipinski definition) is 3. The highest BCUT2D eigenvalue weighted by Crippen LogP contribution is 2.21. The number of amides is 1. The molecule has 1 aromatic carbocycles. The highest BCUT2D eigenvalue weighted by atomic mass is 16.1. The van der Waals surface area contributed by atoms with Gasteiger partial charge in [0.2, 0.25) is 5.91 Å². The molecule has 0 atom stereocenters. The summed E-state index contributed by atoms with van der Waals surface area (Å²) in [7, 11) is 0. The van der Waals surface area contributed by atoms with Crippen molar-refractivity contribution in [2.24, 2.45) is 5.92 Å². The molecule has 0 saturated carbocycles. The number of hydrogen-bond donors (Lipinski definition) is 1. The Balaban J connectivity index is 1.88. The van der Waals surface area contributed by atoms with E-state index in [1.807, 2.05) is 49.0 Å². The monoisotopic (exact) mass is 325 g/mol. The average Bonchev–Trinajstić information content (AvgIpc) is 3.13. The third-order valence-corrected chi connectivity index (χ3v) is 3.88. The van der Waals surface area contributed by atoms with E-state index < -0.39 is 0 Å². The van der Waals surface area contributed by atoms with Crippen molar-refractivity contribution >= 4 is 22.6 Å². The number of nitrogens with one attached hydrogen (secondary N) is 1. The summed E-state index contributed by atoms with van der Waals surface area (Å²) in [5.74, 6) is 1.34. The molecule has 3 aromatic rings. The number of carbonyl (C=O) groups excluding carboxylic acids is 1. The molecular formula is C18H23N5O. The van der Waals surface area contributed by atoms with Crippen LogP contribution >= 0.6 is 0 Å². The molecular weight excluding hydrogens is 302 g/mol. The van der Waals surface area contributed by atoms with Crippen LogP contribution in [0, 0.1) is 5.92 Å². The van der Waals surface area contributed by atoms with Gasteiger partial charge in [0.05, 0.1) is 17.6 Å². The molecule has 3 rings (SSSR count).